The zero-order valence-corrected chi connectivity index (χ0v) is 25.5. The number of carbonyl (C=O) groups is 6. The molecule has 4 atom stereocenters. The molecule has 1 saturated carbocycles. The maximum Gasteiger partial charge on any atom is 0.316 e. The van der Waals surface area contributed by atoms with Crippen molar-refractivity contribution in [2.75, 3.05) is 6.54 Å². The predicted octanol–water partition coefficient (Wildman–Crippen LogP) is -0.445. The van der Waals surface area contributed by atoms with E-state index in [1.807, 2.05) is 0 Å². The Morgan fingerprint density at radius 2 is 1.47 bits per heavy atom. The Kier molecular flexibility index (Phi) is 11.8. The molecule has 2 aromatic rings. The maximum absolute atomic E-state index is 13.7. The molecule has 8 N–H and O–H groups in total. The Morgan fingerprint density at radius 1 is 0.830 bits per heavy atom. The monoisotopic (exact) mass is 652 g/mol. The molecular weight excluding hydrogens is 614 g/mol. The van der Waals surface area contributed by atoms with Gasteiger partial charge in [0.1, 0.15) is 29.9 Å². The molecule has 1 aromatic carbocycles. The van der Waals surface area contributed by atoms with Crippen LogP contribution >= 0.6 is 0 Å². The third kappa shape index (κ3) is 10.8. The lowest BCUT2D eigenvalue weighted by molar-refractivity contribution is -0.729. The van der Waals surface area contributed by atoms with Gasteiger partial charge in [-0.3, -0.25) is 28.8 Å². The van der Waals surface area contributed by atoms with Gasteiger partial charge in [0, 0.05) is 43.7 Å². The highest BCUT2D eigenvalue weighted by molar-refractivity contribution is 6.00. The largest absolute Gasteiger partial charge is 0.469 e. The summed E-state index contributed by atoms with van der Waals surface area (Å²) in [5, 5.41) is 22.3. The van der Waals surface area contributed by atoms with Gasteiger partial charge in [0.05, 0.1) is 11.2 Å². The van der Waals surface area contributed by atoms with Crippen LogP contribution in [0, 0.1) is 10.8 Å². The van der Waals surface area contributed by atoms with Gasteiger partial charge < -0.3 is 36.7 Å². The van der Waals surface area contributed by atoms with E-state index in [2.05, 4.69) is 26.6 Å². The van der Waals surface area contributed by atoms with E-state index in [4.69, 9.17) is 15.4 Å². The minimum Gasteiger partial charge on any atom is -0.469 e. The SMILES string of the molecule is NC(=O)C1CCCNC(=O)C(Cc2ccc([N+](=O)O)cc2)NC(=O)C(Cc2ccco2)NC(=O)C(CC2CC2)NC(=O)C=CC(=O)N1. The first-order valence-corrected chi connectivity index (χ1v) is 15.2. The van der Waals surface area contributed by atoms with Crippen LogP contribution in [0.3, 0.4) is 0 Å². The van der Waals surface area contributed by atoms with E-state index in [1.165, 1.54) is 30.5 Å². The minimum atomic E-state index is -1.21. The number of nitrogens with two attached hydrogens (primary N) is 1. The fourth-order valence-corrected chi connectivity index (χ4v) is 5.02. The van der Waals surface area contributed by atoms with E-state index < -0.39 is 59.6 Å². The van der Waals surface area contributed by atoms with Crippen LogP contribution in [-0.2, 0) is 41.6 Å². The molecule has 4 rings (SSSR count). The van der Waals surface area contributed by atoms with Gasteiger partial charge in [-0.05, 0) is 42.9 Å². The standard InChI is InChI=1S/C31H37N7O9/c32-28(41)22-4-1-13-33-29(42)23(15-19-7-9-20(10-8-19)38(45)46)36-31(44)25(17-21-3-2-14-47-21)37-30(43)24(16-18-5-6-18)35-27(40)12-11-26(39)34-22/h2-3,7-12,14,18,22-25H,1,4-6,13,15-17H2,(H7-,32,33,34,35,36,37,39,40,41,42,43,44,45,46)/p+1. The van der Waals surface area contributed by atoms with E-state index in [9.17, 15) is 33.7 Å². The van der Waals surface area contributed by atoms with Gasteiger partial charge in [0.2, 0.25) is 35.4 Å². The predicted molar refractivity (Wildman–Crippen MR) is 163 cm³/mol. The first-order valence-electron chi connectivity index (χ1n) is 15.2. The summed E-state index contributed by atoms with van der Waals surface area (Å²) in [5.41, 5.74) is 5.94. The molecule has 1 aliphatic heterocycles. The Morgan fingerprint density at radius 3 is 2.06 bits per heavy atom. The molecule has 1 fully saturated rings. The van der Waals surface area contributed by atoms with Gasteiger partial charge in [0.25, 0.3) is 4.92 Å². The number of hydrogen-bond acceptors (Lipinski definition) is 8. The lowest BCUT2D eigenvalue weighted by atomic mass is 10.0. The molecular formula is C31H38N7O9+. The summed E-state index contributed by atoms with van der Waals surface area (Å²) in [7, 11) is 0. The van der Waals surface area contributed by atoms with Crippen LogP contribution in [0.1, 0.15) is 43.4 Å². The van der Waals surface area contributed by atoms with Gasteiger partial charge >= 0.3 is 5.69 Å². The minimum absolute atomic E-state index is 0.0322. The molecule has 2 heterocycles. The molecule has 0 spiro atoms. The lowest BCUT2D eigenvalue weighted by Gasteiger charge is -2.25. The van der Waals surface area contributed by atoms with Crippen LogP contribution in [0.2, 0.25) is 0 Å². The molecule has 1 aromatic heterocycles. The number of furan rings is 1. The van der Waals surface area contributed by atoms with Crippen molar-refractivity contribution in [3.05, 3.63) is 71.0 Å². The van der Waals surface area contributed by atoms with E-state index in [0.29, 0.717) is 17.7 Å². The molecule has 6 amide bonds. The zero-order chi connectivity index (χ0) is 33.9. The van der Waals surface area contributed by atoms with Crippen LogP contribution in [0.15, 0.2) is 59.2 Å². The molecule has 0 saturated heterocycles. The summed E-state index contributed by atoms with van der Waals surface area (Å²) in [6.07, 6.45) is 5.49. The molecule has 0 bridgehead atoms. The second kappa shape index (κ2) is 16.1. The summed E-state index contributed by atoms with van der Waals surface area (Å²) in [5.74, 6) is -3.67. The van der Waals surface area contributed by atoms with E-state index in [-0.39, 0.29) is 48.8 Å². The molecule has 16 nitrogen and oxygen atoms in total. The average molecular weight is 653 g/mol. The third-order valence-corrected chi connectivity index (χ3v) is 7.76. The topological polar surface area (TPSA) is 242 Å². The van der Waals surface area contributed by atoms with Gasteiger partial charge in [-0.25, -0.2) is 5.21 Å². The molecule has 47 heavy (non-hydrogen) atoms. The number of hydrogen-bond donors (Lipinski definition) is 7. The van der Waals surface area contributed by atoms with Gasteiger partial charge in [0.15, 0.2) is 0 Å². The van der Waals surface area contributed by atoms with Crippen molar-refractivity contribution in [3.8, 4) is 0 Å². The van der Waals surface area contributed by atoms with Crippen LogP contribution in [-0.4, -0.2) is 76.3 Å². The van der Waals surface area contributed by atoms with Crippen molar-refractivity contribution < 1.29 is 43.3 Å². The van der Waals surface area contributed by atoms with Crippen molar-refractivity contribution in [1.82, 2.24) is 26.6 Å². The number of nitrogens with one attached hydrogen (secondary N) is 5. The van der Waals surface area contributed by atoms with Crippen LogP contribution < -0.4 is 32.3 Å². The summed E-state index contributed by atoms with van der Waals surface area (Å²) < 4.78 is 5.41. The summed E-state index contributed by atoms with van der Waals surface area (Å²) in [6, 6.07) is 4.42. The second-order valence-electron chi connectivity index (χ2n) is 11.5. The lowest BCUT2D eigenvalue weighted by Crippen LogP contribution is -2.57. The van der Waals surface area contributed by atoms with Crippen molar-refractivity contribution >= 4 is 41.1 Å². The summed E-state index contributed by atoms with van der Waals surface area (Å²) in [6.45, 7) is 0.0487. The van der Waals surface area contributed by atoms with Crippen molar-refractivity contribution in [2.24, 2.45) is 11.7 Å². The smallest absolute Gasteiger partial charge is 0.316 e. The van der Waals surface area contributed by atoms with Gasteiger partial charge in [-0.15, -0.1) is 0 Å². The second-order valence-corrected chi connectivity index (χ2v) is 11.5. The van der Waals surface area contributed by atoms with Gasteiger partial charge in [-0.1, -0.05) is 25.0 Å². The molecule has 2 aliphatic rings. The maximum atomic E-state index is 13.7. The average Bonchev–Trinajstić information content (AvgIpc) is 3.70. The number of nitrogens with zero attached hydrogens (tertiary/aromatic N) is 1. The first-order chi connectivity index (χ1) is 22.5. The fraction of sp³-hybridized carbons (Fsp3) is 0.419. The van der Waals surface area contributed by atoms with Crippen LogP contribution in [0.5, 0.6) is 0 Å². The highest BCUT2D eigenvalue weighted by atomic mass is 16.6. The number of amides is 6. The van der Waals surface area contributed by atoms with Crippen molar-refractivity contribution in [1.29, 1.82) is 0 Å². The summed E-state index contributed by atoms with van der Waals surface area (Å²) >= 11 is 0. The van der Waals surface area contributed by atoms with E-state index in [1.54, 1.807) is 12.1 Å². The van der Waals surface area contributed by atoms with Crippen molar-refractivity contribution in [3.63, 3.8) is 0 Å². The van der Waals surface area contributed by atoms with E-state index >= 15 is 0 Å². The first kappa shape index (κ1) is 34.3. The molecule has 4 unspecified atom stereocenters. The Balaban J connectivity index is 1.62. The molecule has 1 aliphatic carbocycles. The van der Waals surface area contributed by atoms with Crippen molar-refractivity contribution in [2.45, 2.75) is 69.1 Å². The molecule has 16 heteroatoms. The quantitative estimate of drug-likeness (QED) is 0.183. The number of carbonyl (C=O) groups excluding carboxylic acids is 6. The van der Waals surface area contributed by atoms with Gasteiger partial charge in [-0.2, -0.15) is 0 Å². The highest BCUT2D eigenvalue weighted by Crippen LogP contribution is 2.33. The van der Waals surface area contributed by atoms with E-state index in [0.717, 1.165) is 25.0 Å². The van der Waals surface area contributed by atoms with Crippen LogP contribution in [0.25, 0.3) is 0 Å². The summed E-state index contributed by atoms with van der Waals surface area (Å²) in [4.78, 5) is 88.7. The third-order valence-electron chi connectivity index (χ3n) is 7.76. The van der Waals surface area contributed by atoms with Crippen LogP contribution in [0.4, 0.5) is 5.69 Å². The number of rotatable bonds is 8. The molecule has 0 radical (unpaired) electrons. The normalized spacial score (nSPS) is 23.5. The Hall–Kier alpha value is -5.54. The highest BCUT2D eigenvalue weighted by Gasteiger charge is 2.34. The Labute approximate surface area is 269 Å². The molecule has 250 valence electrons. The zero-order valence-electron chi connectivity index (χ0n) is 25.5. The number of primary amides is 1. The number of benzene rings is 1. The fourth-order valence-electron chi connectivity index (χ4n) is 5.02. The Bertz CT molecular complexity index is 1500.